The average molecular weight is 304 g/mol. The van der Waals surface area contributed by atoms with Gasteiger partial charge in [0.2, 0.25) is 0 Å². The van der Waals surface area contributed by atoms with Crippen LogP contribution < -0.4 is 0 Å². The number of allylic oxidation sites excluding steroid dienone is 8. The van der Waals surface area contributed by atoms with Crippen molar-refractivity contribution in [3.63, 3.8) is 0 Å². The highest BCUT2D eigenvalue weighted by Crippen LogP contribution is 2.02. The van der Waals surface area contributed by atoms with Gasteiger partial charge in [-0.15, -0.1) is 0 Å². The van der Waals surface area contributed by atoms with E-state index in [1.54, 1.807) is 24.3 Å². The SMILES string of the molecule is C1=CCC=C1.C1=CCC=C1.Oc1ccccc1.c1ccccc1. The van der Waals surface area contributed by atoms with Gasteiger partial charge in [-0.3, -0.25) is 0 Å². The van der Waals surface area contributed by atoms with Gasteiger partial charge in [0.25, 0.3) is 0 Å². The number of aromatic hydroxyl groups is 1. The summed E-state index contributed by atoms with van der Waals surface area (Å²) in [5, 5.41) is 8.63. The summed E-state index contributed by atoms with van der Waals surface area (Å²) in [4.78, 5) is 0. The Labute approximate surface area is 139 Å². The molecular formula is C22H24O. The van der Waals surface area contributed by atoms with Crippen LogP contribution in [0.15, 0.2) is 115 Å². The van der Waals surface area contributed by atoms with Crippen molar-refractivity contribution in [3.8, 4) is 5.75 Å². The second kappa shape index (κ2) is 14.2. The molecule has 0 saturated carbocycles. The van der Waals surface area contributed by atoms with Gasteiger partial charge < -0.3 is 5.11 Å². The van der Waals surface area contributed by atoms with Gasteiger partial charge in [0.1, 0.15) is 5.75 Å². The molecule has 1 N–H and O–H groups in total. The van der Waals surface area contributed by atoms with Crippen LogP contribution >= 0.6 is 0 Å². The molecule has 0 fully saturated rings. The Morgan fingerprint density at radius 3 is 0.957 bits per heavy atom. The van der Waals surface area contributed by atoms with Gasteiger partial charge in [0, 0.05) is 0 Å². The van der Waals surface area contributed by atoms with Gasteiger partial charge in [0.05, 0.1) is 0 Å². The van der Waals surface area contributed by atoms with Gasteiger partial charge in [0.15, 0.2) is 0 Å². The zero-order valence-electron chi connectivity index (χ0n) is 13.3. The second-order valence-electron chi connectivity index (χ2n) is 4.67. The molecule has 2 aliphatic rings. The van der Waals surface area contributed by atoms with Crippen LogP contribution in [-0.4, -0.2) is 5.11 Å². The molecule has 0 heterocycles. The Balaban J connectivity index is 0.000000155. The fourth-order valence-corrected chi connectivity index (χ4v) is 1.60. The summed E-state index contributed by atoms with van der Waals surface area (Å²) in [5.74, 6) is 0.322. The predicted octanol–water partition coefficient (Wildman–Crippen LogP) is 6.08. The lowest BCUT2D eigenvalue weighted by molar-refractivity contribution is 0.475. The summed E-state index contributed by atoms with van der Waals surface area (Å²) < 4.78 is 0. The van der Waals surface area contributed by atoms with E-state index in [1.807, 2.05) is 42.5 Å². The highest BCUT2D eigenvalue weighted by atomic mass is 16.3. The van der Waals surface area contributed by atoms with E-state index >= 15 is 0 Å². The molecule has 2 aliphatic carbocycles. The minimum Gasteiger partial charge on any atom is -0.508 e. The highest BCUT2D eigenvalue weighted by Gasteiger charge is 1.75. The maximum atomic E-state index is 8.63. The smallest absolute Gasteiger partial charge is 0.115 e. The first-order chi connectivity index (χ1) is 11.4. The second-order valence-corrected chi connectivity index (χ2v) is 4.67. The van der Waals surface area contributed by atoms with E-state index in [1.165, 1.54) is 0 Å². The molecule has 2 aromatic carbocycles. The van der Waals surface area contributed by atoms with E-state index in [0.29, 0.717) is 5.75 Å². The predicted molar refractivity (Wildman–Crippen MR) is 100 cm³/mol. The normalized spacial score (nSPS) is 12.3. The summed E-state index contributed by atoms with van der Waals surface area (Å²) in [5.41, 5.74) is 0. The molecule has 1 nitrogen and oxygen atoms in total. The lowest BCUT2D eigenvalue weighted by Crippen LogP contribution is -1.56. The molecule has 0 spiro atoms. The first-order valence-corrected chi connectivity index (χ1v) is 7.77. The minimum absolute atomic E-state index is 0.322. The van der Waals surface area contributed by atoms with E-state index in [2.05, 4.69) is 48.6 Å². The first-order valence-electron chi connectivity index (χ1n) is 7.77. The molecule has 0 aromatic heterocycles. The lowest BCUT2D eigenvalue weighted by atomic mass is 10.3. The number of benzene rings is 2. The Morgan fingerprint density at radius 2 is 0.783 bits per heavy atom. The highest BCUT2D eigenvalue weighted by molar-refractivity contribution is 5.18. The molecule has 0 amide bonds. The zero-order chi connectivity index (χ0) is 16.4. The van der Waals surface area contributed by atoms with Crippen molar-refractivity contribution in [2.24, 2.45) is 0 Å². The van der Waals surface area contributed by atoms with Crippen LogP contribution in [0, 0.1) is 0 Å². The lowest BCUT2D eigenvalue weighted by Gasteiger charge is -1.82. The molecule has 118 valence electrons. The van der Waals surface area contributed by atoms with Crippen molar-refractivity contribution >= 4 is 0 Å². The van der Waals surface area contributed by atoms with Crippen LogP contribution in [0.5, 0.6) is 5.75 Å². The van der Waals surface area contributed by atoms with Gasteiger partial charge in [-0.25, -0.2) is 0 Å². The van der Waals surface area contributed by atoms with Crippen molar-refractivity contribution < 1.29 is 5.11 Å². The summed E-state index contributed by atoms with van der Waals surface area (Å²) in [6.07, 6.45) is 19.0. The zero-order valence-corrected chi connectivity index (χ0v) is 13.3. The van der Waals surface area contributed by atoms with Crippen LogP contribution in [0.1, 0.15) is 12.8 Å². The number of phenolic OH excluding ortho intramolecular Hbond substituents is 1. The quantitative estimate of drug-likeness (QED) is 0.625. The van der Waals surface area contributed by atoms with Gasteiger partial charge in [-0.2, -0.15) is 0 Å². The van der Waals surface area contributed by atoms with Crippen LogP contribution in [0.2, 0.25) is 0 Å². The molecule has 0 atom stereocenters. The van der Waals surface area contributed by atoms with E-state index < -0.39 is 0 Å². The van der Waals surface area contributed by atoms with E-state index in [-0.39, 0.29) is 0 Å². The third-order valence-electron chi connectivity index (χ3n) is 2.73. The fourth-order valence-electron chi connectivity index (χ4n) is 1.60. The Hall–Kier alpha value is -2.80. The monoisotopic (exact) mass is 304 g/mol. The van der Waals surface area contributed by atoms with E-state index in [9.17, 15) is 0 Å². The van der Waals surface area contributed by atoms with Crippen LogP contribution in [-0.2, 0) is 0 Å². The summed E-state index contributed by atoms with van der Waals surface area (Å²) in [6.45, 7) is 0. The van der Waals surface area contributed by atoms with Gasteiger partial charge in [-0.05, 0) is 25.0 Å². The molecule has 1 heteroatoms. The van der Waals surface area contributed by atoms with Crippen molar-refractivity contribution in [1.29, 1.82) is 0 Å². The molecule has 2 aromatic rings. The maximum absolute atomic E-state index is 8.63. The maximum Gasteiger partial charge on any atom is 0.115 e. The van der Waals surface area contributed by atoms with Gasteiger partial charge in [-0.1, -0.05) is 103 Å². The molecule has 0 radical (unpaired) electrons. The number of rotatable bonds is 0. The third-order valence-corrected chi connectivity index (χ3v) is 2.73. The number of hydrogen-bond acceptors (Lipinski definition) is 1. The fraction of sp³-hybridized carbons (Fsp3) is 0.0909. The summed E-state index contributed by atoms with van der Waals surface area (Å²) >= 11 is 0. The van der Waals surface area contributed by atoms with Crippen molar-refractivity contribution in [2.75, 3.05) is 0 Å². The molecular weight excluding hydrogens is 280 g/mol. The Bertz CT molecular complexity index is 524. The molecule has 0 unspecified atom stereocenters. The van der Waals surface area contributed by atoms with E-state index in [4.69, 9.17) is 5.11 Å². The van der Waals surface area contributed by atoms with Gasteiger partial charge >= 0.3 is 0 Å². The van der Waals surface area contributed by atoms with Crippen LogP contribution in [0.3, 0.4) is 0 Å². The summed E-state index contributed by atoms with van der Waals surface area (Å²) in [6, 6.07) is 20.7. The van der Waals surface area contributed by atoms with Crippen molar-refractivity contribution in [2.45, 2.75) is 12.8 Å². The summed E-state index contributed by atoms with van der Waals surface area (Å²) in [7, 11) is 0. The molecule has 0 saturated heterocycles. The number of hydrogen-bond donors (Lipinski definition) is 1. The molecule has 0 bridgehead atoms. The standard InChI is InChI=1S/C6H6O.C6H6.2C5H6/c7-6-4-2-1-3-5-6;1-2-4-6-5-3-1;2*1-2-4-5-3-1/h1-5,7H;1-6H;2*1-4H,5H2. The topological polar surface area (TPSA) is 20.2 Å². The third kappa shape index (κ3) is 12.6. The Morgan fingerprint density at radius 1 is 0.478 bits per heavy atom. The first kappa shape index (κ1) is 18.2. The molecule has 4 rings (SSSR count). The van der Waals surface area contributed by atoms with Crippen molar-refractivity contribution in [1.82, 2.24) is 0 Å². The largest absolute Gasteiger partial charge is 0.508 e. The minimum atomic E-state index is 0.322. The molecule has 23 heavy (non-hydrogen) atoms. The van der Waals surface area contributed by atoms with E-state index in [0.717, 1.165) is 12.8 Å². The average Bonchev–Trinajstić information content (AvgIpc) is 3.36. The number of phenols is 1. The Kier molecular flexibility index (Phi) is 11.2. The molecule has 0 aliphatic heterocycles. The van der Waals surface area contributed by atoms with Crippen LogP contribution in [0.4, 0.5) is 0 Å². The van der Waals surface area contributed by atoms with Crippen molar-refractivity contribution in [3.05, 3.63) is 115 Å². The number of para-hydroxylation sites is 1. The van der Waals surface area contributed by atoms with Crippen LogP contribution in [0.25, 0.3) is 0 Å².